The summed E-state index contributed by atoms with van der Waals surface area (Å²) in [6, 6.07) is 1.91. The predicted octanol–water partition coefficient (Wildman–Crippen LogP) is 3.14. The summed E-state index contributed by atoms with van der Waals surface area (Å²) in [6.07, 6.45) is 13.5. The predicted molar refractivity (Wildman–Crippen MR) is 109 cm³/mol. The lowest BCUT2D eigenvalue weighted by Gasteiger charge is -2.06. The molecule has 0 aromatic carbocycles. The molecule has 0 spiro atoms. The topological polar surface area (TPSA) is 85.1 Å². The van der Waals surface area contributed by atoms with Crippen molar-refractivity contribution in [2.24, 2.45) is 5.73 Å². The lowest BCUT2D eigenvalue weighted by molar-refractivity contribution is 0.309. The third-order valence-electron chi connectivity index (χ3n) is 3.35. The number of nitrogens with one attached hydrogen (secondary N) is 2. The van der Waals surface area contributed by atoms with Crippen LogP contribution in [0.2, 0.25) is 0 Å². The molecule has 0 amide bonds. The number of ether oxygens (including phenoxy) is 1. The van der Waals surface area contributed by atoms with E-state index in [0.717, 1.165) is 24.2 Å². The quantitative estimate of drug-likeness (QED) is 0.378. The van der Waals surface area contributed by atoms with Crippen molar-refractivity contribution in [3.8, 4) is 0 Å². The van der Waals surface area contributed by atoms with Crippen molar-refractivity contribution >= 4 is 11.5 Å². The average molecular weight is 353 g/mol. The zero-order chi connectivity index (χ0) is 19.2. The van der Waals surface area contributed by atoms with E-state index in [1.54, 1.807) is 31.7 Å². The molecule has 0 fully saturated rings. The Kier molecular flexibility index (Phi) is 9.69. The first-order valence-corrected chi connectivity index (χ1v) is 8.19. The molecule has 0 radical (unpaired) electrons. The second-order valence-electron chi connectivity index (χ2n) is 5.14. The van der Waals surface area contributed by atoms with Crippen molar-refractivity contribution < 1.29 is 4.74 Å². The highest BCUT2D eigenvalue weighted by Gasteiger charge is 2.14. The molecule has 0 bridgehead atoms. The molecule has 0 saturated carbocycles. The van der Waals surface area contributed by atoms with Gasteiger partial charge in [-0.05, 0) is 30.3 Å². The molecule has 4 N–H and O–H groups in total. The Hall–Kier alpha value is -3.28. The van der Waals surface area contributed by atoms with Gasteiger partial charge in [-0.3, -0.25) is 0 Å². The van der Waals surface area contributed by atoms with E-state index in [1.807, 2.05) is 18.3 Å². The van der Waals surface area contributed by atoms with Crippen molar-refractivity contribution in [3.63, 3.8) is 0 Å². The van der Waals surface area contributed by atoms with E-state index in [0.29, 0.717) is 18.3 Å². The molecule has 0 unspecified atom stereocenters. The Morgan fingerprint density at radius 2 is 2.27 bits per heavy atom. The first-order valence-electron chi connectivity index (χ1n) is 8.19. The normalized spacial score (nSPS) is 14.0. The summed E-state index contributed by atoms with van der Waals surface area (Å²) in [6.45, 7) is 12.0. The maximum atomic E-state index is 5.35. The van der Waals surface area contributed by atoms with Crippen LogP contribution in [0.15, 0.2) is 80.0 Å². The van der Waals surface area contributed by atoms with Crippen molar-refractivity contribution in [3.05, 3.63) is 85.7 Å². The Morgan fingerprint density at radius 1 is 1.46 bits per heavy atom. The van der Waals surface area contributed by atoms with Crippen molar-refractivity contribution in [2.45, 2.75) is 6.42 Å². The van der Waals surface area contributed by atoms with E-state index >= 15 is 0 Å². The summed E-state index contributed by atoms with van der Waals surface area (Å²) in [4.78, 5) is 8.69. The minimum absolute atomic E-state index is 0.606. The van der Waals surface area contributed by atoms with Gasteiger partial charge < -0.3 is 21.1 Å². The zero-order valence-electron chi connectivity index (χ0n) is 15.2. The number of rotatable bonds is 8. The molecule has 6 nitrogen and oxygen atoms in total. The lowest BCUT2D eigenvalue weighted by Crippen LogP contribution is -2.04. The van der Waals surface area contributed by atoms with Crippen LogP contribution in [0.3, 0.4) is 0 Å². The molecule has 26 heavy (non-hydrogen) atoms. The molecule has 0 saturated heterocycles. The number of methoxy groups -OCH3 is 1. The fourth-order valence-electron chi connectivity index (χ4n) is 2.00. The Morgan fingerprint density at radius 3 is 2.88 bits per heavy atom. The summed E-state index contributed by atoms with van der Waals surface area (Å²) >= 11 is 0. The van der Waals surface area contributed by atoms with Crippen molar-refractivity contribution in [1.29, 1.82) is 0 Å². The number of nitrogens with two attached hydrogens (primary N) is 1. The van der Waals surface area contributed by atoms with Gasteiger partial charge in [0.25, 0.3) is 0 Å². The van der Waals surface area contributed by atoms with Crippen LogP contribution in [0.5, 0.6) is 0 Å². The summed E-state index contributed by atoms with van der Waals surface area (Å²) in [5.74, 6) is 1.21. The van der Waals surface area contributed by atoms with E-state index in [4.69, 9.17) is 5.73 Å². The van der Waals surface area contributed by atoms with E-state index in [-0.39, 0.29) is 0 Å². The molecule has 1 aromatic rings. The molecule has 2 rings (SSSR count). The van der Waals surface area contributed by atoms with Gasteiger partial charge in [-0.2, -0.15) is 0 Å². The molecule has 0 atom stereocenters. The van der Waals surface area contributed by atoms with Crippen LogP contribution in [0, 0.1) is 0 Å². The average Bonchev–Trinajstić information content (AvgIpc) is 3.15. The second-order valence-corrected chi connectivity index (χ2v) is 5.14. The van der Waals surface area contributed by atoms with Gasteiger partial charge in [0.05, 0.1) is 12.8 Å². The molecule has 1 aromatic heterocycles. The van der Waals surface area contributed by atoms with Crippen LogP contribution in [0.1, 0.15) is 12.1 Å². The summed E-state index contributed by atoms with van der Waals surface area (Å²) < 4.78 is 4.59. The van der Waals surface area contributed by atoms with Gasteiger partial charge in [-0.1, -0.05) is 31.4 Å². The van der Waals surface area contributed by atoms with Crippen LogP contribution in [0.4, 0.5) is 5.95 Å². The Labute approximate surface area is 155 Å². The molecule has 0 aliphatic carbocycles. The highest BCUT2D eigenvalue weighted by molar-refractivity contribution is 5.79. The van der Waals surface area contributed by atoms with Gasteiger partial charge in [0, 0.05) is 31.1 Å². The lowest BCUT2D eigenvalue weighted by atomic mass is 10.0. The number of anilines is 1. The van der Waals surface area contributed by atoms with Gasteiger partial charge in [0.15, 0.2) is 0 Å². The number of nitrogens with zero attached hydrogens (tertiary/aromatic N) is 2. The zero-order valence-corrected chi connectivity index (χ0v) is 15.2. The fourth-order valence-corrected chi connectivity index (χ4v) is 2.00. The molecule has 1 aliphatic rings. The van der Waals surface area contributed by atoms with Crippen LogP contribution >= 0.6 is 0 Å². The van der Waals surface area contributed by atoms with E-state index in [2.05, 4.69) is 51.2 Å². The summed E-state index contributed by atoms with van der Waals surface area (Å²) in [7, 11) is 1.56. The van der Waals surface area contributed by atoms with Gasteiger partial charge in [0.2, 0.25) is 5.95 Å². The number of allylic oxidation sites excluding steroid dienone is 3. The first kappa shape index (κ1) is 20.8. The maximum Gasteiger partial charge on any atom is 0.223 e. The van der Waals surface area contributed by atoms with E-state index in [1.165, 1.54) is 5.57 Å². The molecule has 2 heterocycles. The summed E-state index contributed by atoms with van der Waals surface area (Å²) in [5, 5.41) is 6.32. The van der Waals surface area contributed by atoms with Gasteiger partial charge in [0.1, 0.15) is 5.76 Å². The number of hydrogen-bond donors (Lipinski definition) is 3. The largest absolute Gasteiger partial charge is 0.497 e. The molecular weight excluding hydrogens is 326 g/mol. The number of aromatic nitrogens is 2. The highest BCUT2D eigenvalue weighted by atomic mass is 16.5. The molecular formula is C20H27N5O. The highest BCUT2D eigenvalue weighted by Crippen LogP contribution is 2.25. The monoisotopic (exact) mass is 353 g/mol. The molecule has 138 valence electrons. The standard InChI is InChI=1S/C15H19N5.C5H8O/c1-2-8-18-15-19-9-6-14(20-15)13-11-17-10-12(13)5-3-4-7-16;1-4-5(2)6-3/h2,4-7,9,11,17H,1,3,8,10,16H2,(H,18,19,20);4H,1-2H2,3H3/b7-4-,12-5+;. The third kappa shape index (κ3) is 7.09. The van der Waals surface area contributed by atoms with Crippen molar-refractivity contribution in [2.75, 3.05) is 25.5 Å². The van der Waals surface area contributed by atoms with Crippen LogP contribution in [0.25, 0.3) is 5.57 Å². The smallest absolute Gasteiger partial charge is 0.223 e. The molecule has 6 heteroatoms. The minimum atomic E-state index is 0.606. The summed E-state index contributed by atoms with van der Waals surface area (Å²) in [5.41, 5.74) is 8.57. The number of hydrogen-bond acceptors (Lipinski definition) is 6. The first-order chi connectivity index (χ1) is 12.7. The van der Waals surface area contributed by atoms with E-state index < -0.39 is 0 Å². The van der Waals surface area contributed by atoms with Crippen LogP contribution in [-0.2, 0) is 4.74 Å². The second kappa shape index (κ2) is 12.1. The minimum Gasteiger partial charge on any atom is -0.497 e. The van der Waals surface area contributed by atoms with E-state index in [9.17, 15) is 0 Å². The van der Waals surface area contributed by atoms with Gasteiger partial charge >= 0.3 is 0 Å². The van der Waals surface area contributed by atoms with Crippen molar-refractivity contribution in [1.82, 2.24) is 15.3 Å². The SMILES string of the molecule is C=CC(=C)OC.C=CCNc1nccc(C2=CNC/C2=C\C/C=C\N)n1. The Balaban J connectivity index is 0.000000487. The van der Waals surface area contributed by atoms with Gasteiger partial charge in [-0.15, -0.1) is 6.58 Å². The fraction of sp³-hybridized carbons (Fsp3) is 0.200. The third-order valence-corrected chi connectivity index (χ3v) is 3.35. The van der Waals surface area contributed by atoms with Gasteiger partial charge in [-0.25, -0.2) is 9.97 Å². The van der Waals surface area contributed by atoms with Crippen LogP contribution in [-0.4, -0.2) is 30.2 Å². The Bertz CT molecular complexity index is 704. The van der Waals surface area contributed by atoms with Crippen LogP contribution < -0.4 is 16.4 Å². The maximum absolute atomic E-state index is 5.35. The molecule has 1 aliphatic heterocycles.